The molecule has 0 radical (unpaired) electrons. The van der Waals surface area contributed by atoms with E-state index in [2.05, 4.69) is 9.72 Å². The molecule has 4 nitrogen and oxygen atoms in total. The van der Waals surface area contributed by atoms with Gasteiger partial charge < -0.3 is 9.47 Å². The highest BCUT2D eigenvalue weighted by atomic mass is 19.3. The molecule has 0 fully saturated rings. The van der Waals surface area contributed by atoms with Crippen molar-refractivity contribution in [3.05, 3.63) is 23.0 Å². The van der Waals surface area contributed by atoms with Crippen LogP contribution in [0, 0.1) is 6.92 Å². The van der Waals surface area contributed by atoms with Crippen molar-refractivity contribution in [3.63, 3.8) is 0 Å². The number of alkyl halides is 2. The molecule has 6 heteroatoms. The molecule has 94 valence electrons. The number of esters is 1. The molecule has 0 aliphatic carbocycles. The molecule has 0 bridgehead atoms. The van der Waals surface area contributed by atoms with Gasteiger partial charge >= 0.3 is 5.97 Å². The zero-order valence-electron chi connectivity index (χ0n) is 9.79. The van der Waals surface area contributed by atoms with E-state index >= 15 is 0 Å². The van der Waals surface area contributed by atoms with Crippen molar-refractivity contribution in [1.29, 1.82) is 0 Å². The van der Waals surface area contributed by atoms with Gasteiger partial charge in [-0.25, -0.2) is 18.6 Å². The van der Waals surface area contributed by atoms with Crippen molar-refractivity contribution in [2.45, 2.75) is 20.3 Å². The third kappa shape index (κ3) is 2.69. The standard InChI is InChI=1S/C11H13F2NO3/c1-4-17-11(15)9-8(10(12)13)6(2)7(16-3)5-14-9/h5,10H,4H2,1-3H3. The maximum Gasteiger partial charge on any atom is 0.357 e. The molecule has 0 spiro atoms. The van der Waals surface area contributed by atoms with Gasteiger partial charge in [-0.15, -0.1) is 0 Å². The number of aromatic nitrogens is 1. The molecule has 0 saturated carbocycles. The first kappa shape index (κ1) is 13.3. The highest BCUT2D eigenvalue weighted by Crippen LogP contribution is 2.31. The zero-order valence-corrected chi connectivity index (χ0v) is 9.79. The lowest BCUT2D eigenvalue weighted by atomic mass is 10.1. The van der Waals surface area contributed by atoms with E-state index in [1.54, 1.807) is 6.92 Å². The average Bonchev–Trinajstić information content (AvgIpc) is 2.28. The summed E-state index contributed by atoms with van der Waals surface area (Å²) in [5, 5.41) is 0. The minimum Gasteiger partial charge on any atom is -0.495 e. The first-order valence-corrected chi connectivity index (χ1v) is 5.01. The van der Waals surface area contributed by atoms with Crippen LogP contribution in [0.25, 0.3) is 0 Å². The molecule has 0 atom stereocenters. The van der Waals surface area contributed by atoms with Gasteiger partial charge in [0.25, 0.3) is 6.43 Å². The Morgan fingerprint density at radius 1 is 1.53 bits per heavy atom. The molecule has 0 saturated heterocycles. The zero-order chi connectivity index (χ0) is 13.0. The van der Waals surface area contributed by atoms with Crippen LogP contribution in [-0.4, -0.2) is 24.7 Å². The van der Waals surface area contributed by atoms with Gasteiger partial charge in [0.1, 0.15) is 5.75 Å². The Morgan fingerprint density at radius 2 is 2.18 bits per heavy atom. The van der Waals surface area contributed by atoms with Crippen LogP contribution in [-0.2, 0) is 4.74 Å². The van der Waals surface area contributed by atoms with Crippen LogP contribution in [0.4, 0.5) is 8.78 Å². The number of carbonyl (C=O) groups excluding carboxylic acids is 1. The minimum absolute atomic E-state index is 0.105. The number of pyridine rings is 1. The van der Waals surface area contributed by atoms with Crippen molar-refractivity contribution in [1.82, 2.24) is 4.98 Å². The molecule has 0 aliphatic heterocycles. The third-order valence-electron chi connectivity index (χ3n) is 2.25. The topological polar surface area (TPSA) is 48.4 Å². The molecule has 1 heterocycles. The highest BCUT2D eigenvalue weighted by Gasteiger charge is 2.25. The predicted molar refractivity (Wildman–Crippen MR) is 56.4 cm³/mol. The molecule has 1 rings (SSSR count). The van der Waals surface area contributed by atoms with Crippen molar-refractivity contribution >= 4 is 5.97 Å². The Morgan fingerprint density at radius 3 is 2.65 bits per heavy atom. The molecule has 0 aromatic carbocycles. The van der Waals surface area contributed by atoms with Crippen LogP contribution in [0.2, 0.25) is 0 Å². The maximum absolute atomic E-state index is 12.9. The van der Waals surface area contributed by atoms with Crippen LogP contribution in [0.15, 0.2) is 6.20 Å². The lowest BCUT2D eigenvalue weighted by Crippen LogP contribution is -2.13. The smallest absolute Gasteiger partial charge is 0.357 e. The SMILES string of the molecule is CCOC(=O)c1ncc(OC)c(C)c1C(F)F. The summed E-state index contributed by atoms with van der Waals surface area (Å²) >= 11 is 0. The van der Waals surface area contributed by atoms with E-state index in [1.165, 1.54) is 20.2 Å². The van der Waals surface area contributed by atoms with Gasteiger partial charge in [-0.2, -0.15) is 0 Å². The summed E-state index contributed by atoms with van der Waals surface area (Å²) in [5.41, 5.74) is -0.608. The summed E-state index contributed by atoms with van der Waals surface area (Å²) in [5.74, 6) is -0.637. The van der Waals surface area contributed by atoms with Crippen LogP contribution in [0.5, 0.6) is 5.75 Å². The highest BCUT2D eigenvalue weighted by molar-refractivity contribution is 5.89. The third-order valence-corrected chi connectivity index (χ3v) is 2.25. The van der Waals surface area contributed by atoms with Gasteiger partial charge in [0.2, 0.25) is 0 Å². The molecule has 1 aromatic rings. The number of ether oxygens (including phenoxy) is 2. The Balaban J connectivity index is 3.31. The van der Waals surface area contributed by atoms with E-state index in [0.717, 1.165) is 0 Å². The number of hydrogen-bond acceptors (Lipinski definition) is 4. The summed E-state index contributed by atoms with van der Waals surface area (Å²) in [6.45, 7) is 3.15. The van der Waals surface area contributed by atoms with E-state index in [9.17, 15) is 13.6 Å². The number of rotatable bonds is 4. The molecule has 0 unspecified atom stereocenters. The lowest BCUT2D eigenvalue weighted by Gasteiger charge is -2.13. The Bertz CT molecular complexity index is 421. The second-order valence-corrected chi connectivity index (χ2v) is 3.24. The normalized spacial score (nSPS) is 10.5. The number of methoxy groups -OCH3 is 1. The Labute approximate surface area is 97.6 Å². The summed E-state index contributed by atoms with van der Waals surface area (Å²) in [6, 6.07) is 0. The summed E-state index contributed by atoms with van der Waals surface area (Å²) in [4.78, 5) is 15.1. The fraction of sp³-hybridized carbons (Fsp3) is 0.455. The van der Waals surface area contributed by atoms with Crippen LogP contribution >= 0.6 is 0 Å². The van der Waals surface area contributed by atoms with E-state index < -0.39 is 18.0 Å². The minimum atomic E-state index is -2.81. The van der Waals surface area contributed by atoms with Crippen molar-refractivity contribution < 1.29 is 23.0 Å². The van der Waals surface area contributed by atoms with Crippen molar-refractivity contribution in [3.8, 4) is 5.75 Å². The Kier molecular flexibility index (Phi) is 4.37. The number of hydrogen-bond donors (Lipinski definition) is 0. The van der Waals surface area contributed by atoms with Gasteiger partial charge in [-0.1, -0.05) is 0 Å². The average molecular weight is 245 g/mol. The molecule has 0 aliphatic rings. The first-order valence-electron chi connectivity index (χ1n) is 5.01. The van der Waals surface area contributed by atoms with E-state index in [1.807, 2.05) is 0 Å². The summed E-state index contributed by atoms with van der Waals surface area (Å²) < 4.78 is 35.4. The molecule has 17 heavy (non-hydrogen) atoms. The van der Waals surface area contributed by atoms with Crippen molar-refractivity contribution in [2.75, 3.05) is 13.7 Å². The first-order chi connectivity index (χ1) is 8.02. The number of carbonyl (C=O) groups is 1. The maximum atomic E-state index is 12.9. The fourth-order valence-electron chi connectivity index (χ4n) is 1.43. The summed E-state index contributed by atoms with van der Waals surface area (Å²) in [6.07, 6.45) is -1.58. The van der Waals surface area contributed by atoms with Crippen LogP contribution in [0.1, 0.15) is 35.0 Å². The molecular weight excluding hydrogens is 232 g/mol. The van der Waals surface area contributed by atoms with Gasteiger partial charge in [0, 0.05) is 5.56 Å². The largest absolute Gasteiger partial charge is 0.495 e. The molecule has 0 amide bonds. The van der Waals surface area contributed by atoms with Gasteiger partial charge in [0.15, 0.2) is 5.69 Å². The van der Waals surface area contributed by atoms with Crippen LogP contribution < -0.4 is 4.74 Å². The monoisotopic (exact) mass is 245 g/mol. The van der Waals surface area contributed by atoms with Crippen LogP contribution in [0.3, 0.4) is 0 Å². The van der Waals surface area contributed by atoms with Crippen molar-refractivity contribution in [2.24, 2.45) is 0 Å². The van der Waals surface area contributed by atoms with Gasteiger partial charge in [-0.3, -0.25) is 0 Å². The van der Waals surface area contributed by atoms with Gasteiger partial charge in [-0.05, 0) is 13.8 Å². The number of halogens is 2. The van der Waals surface area contributed by atoms with E-state index in [0.29, 0.717) is 0 Å². The second-order valence-electron chi connectivity index (χ2n) is 3.24. The second kappa shape index (κ2) is 5.56. The quantitative estimate of drug-likeness (QED) is 0.765. The molecule has 0 N–H and O–H groups in total. The Hall–Kier alpha value is -1.72. The number of nitrogens with zero attached hydrogens (tertiary/aromatic N) is 1. The fourth-order valence-corrected chi connectivity index (χ4v) is 1.43. The predicted octanol–water partition coefficient (Wildman–Crippen LogP) is 2.51. The summed E-state index contributed by atoms with van der Waals surface area (Å²) in [7, 11) is 1.35. The van der Waals surface area contributed by atoms with Gasteiger partial charge in [0.05, 0.1) is 25.5 Å². The molecular formula is C11H13F2NO3. The molecule has 1 aromatic heterocycles. The van der Waals surface area contributed by atoms with E-state index in [4.69, 9.17) is 4.74 Å². The lowest BCUT2D eigenvalue weighted by molar-refractivity contribution is 0.0507. The van der Waals surface area contributed by atoms with E-state index in [-0.39, 0.29) is 23.6 Å².